The van der Waals surface area contributed by atoms with Crippen molar-refractivity contribution in [3.05, 3.63) is 46.8 Å². The highest BCUT2D eigenvalue weighted by Gasteiger charge is 2.44. The molecular weight excluding hydrogens is 508 g/mol. The maximum atomic E-state index is 14.3. The number of carbonyl (C=O) groups excluding carboxylic acids is 2. The number of nitrogens with zero attached hydrogens (tertiary/aromatic N) is 4. The van der Waals surface area contributed by atoms with Gasteiger partial charge in [0, 0.05) is 25.1 Å². The first-order valence-corrected chi connectivity index (χ1v) is 11.4. The molecule has 0 aliphatic carbocycles. The van der Waals surface area contributed by atoms with Crippen LogP contribution in [0, 0.1) is 17.5 Å². The Kier molecular flexibility index (Phi) is 7.80. The zero-order chi connectivity index (χ0) is 27.9. The van der Waals surface area contributed by atoms with Crippen molar-refractivity contribution in [2.24, 2.45) is 0 Å². The van der Waals surface area contributed by atoms with E-state index in [0.29, 0.717) is 12.1 Å². The molecule has 2 amide bonds. The third-order valence-corrected chi connectivity index (χ3v) is 5.74. The first-order valence-electron chi connectivity index (χ1n) is 11.4. The van der Waals surface area contributed by atoms with Gasteiger partial charge in [0.05, 0.1) is 12.1 Å². The van der Waals surface area contributed by atoms with E-state index in [4.69, 9.17) is 4.74 Å². The van der Waals surface area contributed by atoms with Gasteiger partial charge in [0.15, 0.2) is 17.5 Å². The van der Waals surface area contributed by atoms with E-state index >= 15 is 0 Å². The zero-order valence-electron chi connectivity index (χ0n) is 20.8. The highest BCUT2D eigenvalue weighted by Crippen LogP contribution is 2.36. The monoisotopic (exact) mass is 535 g/mol. The number of aromatic nitrogens is 3. The summed E-state index contributed by atoms with van der Waals surface area (Å²) >= 11 is 0. The van der Waals surface area contributed by atoms with Crippen LogP contribution in [0.4, 0.5) is 31.1 Å². The molecule has 1 aliphatic heterocycles. The molecule has 0 fully saturated rings. The number of fused-ring (bicyclic) bond motifs is 1. The molecule has 14 heteroatoms. The number of ether oxygens (including phenoxy) is 1. The Hall–Kier alpha value is -3.32. The zero-order valence-corrected chi connectivity index (χ0v) is 20.8. The van der Waals surface area contributed by atoms with E-state index < -0.39 is 71.6 Å². The highest BCUT2D eigenvalue weighted by molar-refractivity contribution is 5.78. The molecule has 1 aromatic heterocycles. The summed E-state index contributed by atoms with van der Waals surface area (Å²) in [6, 6.07) is -1.84. The van der Waals surface area contributed by atoms with Gasteiger partial charge < -0.3 is 19.5 Å². The Morgan fingerprint density at radius 3 is 2.30 bits per heavy atom. The number of alkyl halides is 3. The number of amides is 2. The quantitative estimate of drug-likeness (QED) is 0.443. The minimum absolute atomic E-state index is 0.0669. The van der Waals surface area contributed by atoms with E-state index in [1.165, 1.54) is 18.7 Å². The van der Waals surface area contributed by atoms with Crippen LogP contribution in [0.1, 0.15) is 70.3 Å². The van der Waals surface area contributed by atoms with Crippen LogP contribution in [0.25, 0.3) is 0 Å². The molecule has 0 saturated carbocycles. The minimum Gasteiger partial charge on any atom is -0.444 e. The molecule has 0 saturated heterocycles. The van der Waals surface area contributed by atoms with E-state index in [0.717, 1.165) is 4.57 Å². The molecular formula is C23H27F6N5O3. The summed E-state index contributed by atoms with van der Waals surface area (Å²) in [5, 5.41) is 9.33. The molecule has 3 atom stereocenters. The number of carbonyl (C=O) groups is 2. The van der Waals surface area contributed by atoms with Crippen molar-refractivity contribution in [3.8, 4) is 0 Å². The van der Waals surface area contributed by atoms with Crippen LogP contribution in [0.2, 0.25) is 0 Å². The number of halogens is 6. The molecule has 3 rings (SSSR count). The summed E-state index contributed by atoms with van der Waals surface area (Å²) in [4.78, 5) is 26.9. The number of hydrogen-bond donors (Lipinski definition) is 1. The first-order chi connectivity index (χ1) is 17.0. The summed E-state index contributed by atoms with van der Waals surface area (Å²) in [5.41, 5.74) is -1.19. The van der Waals surface area contributed by atoms with Gasteiger partial charge in [-0.25, -0.2) is 18.0 Å². The lowest BCUT2D eigenvalue weighted by Crippen LogP contribution is -2.47. The largest absolute Gasteiger partial charge is 0.451 e. The fraction of sp³-hybridized carbons (Fsp3) is 0.565. The second kappa shape index (κ2) is 10.2. The standard InChI is InChI=1S/C23H27F6N5O3/c1-11-10-33(12(2)19-31-32-20(34(11)19)23(27,28)29)18(35)8-14(30-21(36)37-22(3,4)5)6-13-7-16(25)17(26)9-15(13)24/h7,9,11-12,14H,6,8,10H2,1-5H3,(H,30,36). The average Bonchev–Trinajstić information content (AvgIpc) is 3.20. The van der Waals surface area contributed by atoms with Gasteiger partial charge in [0.2, 0.25) is 11.7 Å². The second-order valence-electron chi connectivity index (χ2n) is 9.93. The third-order valence-electron chi connectivity index (χ3n) is 5.74. The molecule has 204 valence electrons. The Bertz CT molecular complexity index is 1180. The smallest absolute Gasteiger partial charge is 0.444 e. The van der Waals surface area contributed by atoms with Crippen LogP contribution in [-0.4, -0.2) is 49.9 Å². The molecule has 37 heavy (non-hydrogen) atoms. The van der Waals surface area contributed by atoms with Gasteiger partial charge in [-0.1, -0.05) is 0 Å². The first kappa shape index (κ1) is 28.3. The van der Waals surface area contributed by atoms with Crippen molar-refractivity contribution in [1.82, 2.24) is 25.0 Å². The van der Waals surface area contributed by atoms with E-state index in [1.54, 1.807) is 20.8 Å². The van der Waals surface area contributed by atoms with Crippen molar-refractivity contribution in [1.29, 1.82) is 0 Å². The van der Waals surface area contributed by atoms with Gasteiger partial charge >= 0.3 is 12.3 Å². The Balaban J connectivity index is 1.85. The molecule has 3 unspecified atom stereocenters. The summed E-state index contributed by atoms with van der Waals surface area (Å²) in [6.45, 7) is 7.64. The van der Waals surface area contributed by atoms with Crippen molar-refractivity contribution in [3.63, 3.8) is 0 Å². The number of hydrogen-bond acceptors (Lipinski definition) is 5. The molecule has 0 radical (unpaired) electrons. The molecule has 0 bridgehead atoms. The van der Waals surface area contributed by atoms with Crippen molar-refractivity contribution < 1.29 is 40.7 Å². The minimum atomic E-state index is -4.73. The van der Waals surface area contributed by atoms with Crippen LogP contribution >= 0.6 is 0 Å². The molecule has 2 heterocycles. The van der Waals surface area contributed by atoms with Gasteiger partial charge in [0.25, 0.3) is 0 Å². The number of alkyl carbamates (subject to hydrolysis) is 1. The second-order valence-corrected chi connectivity index (χ2v) is 9.93. The topological polar surface area (TPSA) is 89.4 Å². The predicted molar refractivity (Wildman–Crippen MR) is 118 cm³/mol. The SMILES string of the molecule is CC1c2nnc(C(F)(F)F)n2C(C)CN1C(=O)CC(Cc1cc(F)c(F)cc1F)NC(=O)OC(C)(C)C. The predicted octanol–water partition coefficient (Wildman–Crippen LogP) is 4.70. The van der Waals surface area contributed by atoms with Crippen molar-refractivity contribution in [2.45, 2.75) is 77.4 Å². The number of rotatable bonds is 5. The maximum absolute atomic E-state index is 14.3. The summed E-state index contributed by atoms with van der Waals surface area (Å²) in [6.07, 6.45) is -6.49. The lowest BCUT2D eigenvalue weighted by atomic mass is 10.0. The highest BCUT2D eigenvalue weighted by atomic mass is 19.4. The van der Waals surface area contributed by atoms with Crippen LogP contribution in [0.3, 0.4) is 0 Å². The van der Waals surface area contributed by atoms with Crippen LogP contribution < -0.4 is 5.32 Å². The maximum Gasteiger partial charge on any atom is 0.451 e. The van der Waals surface area contributed by atoms with E-state index in [2.05, 4.69) is 15.5 Å². The lowest BCUT2D eigenvalue weighted by Gasteiger charge is -2.38. The summed E-state index contributed by atoms with van der Waals surface area (Å²) < 4.78 is 87.6. The van der Waals surface area contributed by atoms with E-state index in [-0.39, 0.29) is 24.4 Å². The van der Waals surface area contributed by atoms with Crippen LogP contribution in [0.5, 0.6) is 0 Å². The van der Waals surface area contributed by atoms with Gasteiger partial charge in [-0.05, 0) is 52.7 Å². The summed E-state index contributed by atoms with van der Waals surface area (Å²) in [7, 11) is 0. The molecule has 1 aliphatic rings. The fourth-order valence-electron chi connectivity index (χ4n) is 4.16. The number of benzene rings is 1. The third kappa shape index (κ3) is 6.52. The van der Waals surface area contributed by atoms with Gasteiger partial charge in [0.1, 0.15) is 11.4 Å². The average molecular weight is 535 g/mol. The molecule has 2 aromatic rings. The van der Waals surface area contributed by atoms with Gasteiger partial charge in [-0.15, -0.1) is 10.2 Å². The lowest BCUT2D eigenvalue weighted by molar-refractivity contribution is -0.149. The molecule has 1 aromatic carbocycles. The molecule has 1 N–H and O–H groups in total. The van der Waals surface area contributed by atoms with Crippen molar-refractivity contribution >= 4 is 12.0 Å². The molecule has 0 spiro atoms. The fourth-order valence-corrected chi connectivity index (χ4v) is 4.16. The van der Waals surface area contributed by atoms with Crippen LogP contribution in [0.15, 0.2) is 12.1 Å². The Morgan fingerprint density at radius 2 is 1.70 bits per heavy atom. The van der Waals surface area contributed by atoms with Crippen LogP contribution in [-0.2, 0) is 22.1 Å². The van der Waals surface area contributed by atoms with E-state index in [9.17, 15) is 35.9 Å². The summed E-state index contributed by atoms with van der Waals surface area (Å²) in [5.74, 6) is -5.61. The van der Waals surface area contributed by atoms with E-state index in [1.807, 2.05) is 0 Å². The van der Waals surface area contributed by atoms with Gasteiger partial charge in [-0.2, -0.15) is 13.2 Å². The molecule has 8 nitrogen and oxygen atoms in total. The Labute approximate surface area is 209 Å². The van der Waals surface area contributed by atoms with Gasteiger partial charge in [-0.3, -0.25) is 4.79 Å². The number of nitrogens with one attached hydrogen (secondary N) is 1. The van der Waals surface area contributed by atoms with Crippen molar-refractivity contribution in [2.75, 3.05) is 6.54 Å². The Morgan fingerprint density at radius 1 is 1.08 bits per heavy atom. The normalized spacial score (nSPS) is 18.8.